The summed E-state index contributed by atoms with van der Waals surface area (Å²) < 4.78 is 11.3. The van der Waals surface area contributed by atoms with Crippen molar-refractivity contribution >= 4 is 55.9 Å². The molecule has 1 N–H and O–H groups in total. The third-order valence-electron chi connectivity index (χ3n) is 5.81. The van der Waals surface area contributed by atoms with Crippen molar-refractivity contribution in [1.82, 2.24) is 19.1 Å². The number of fused-ring (bicyclic) bond motifs is 1. The van der Waals surface area contributed by atoms with Gasteiger partial charge in [0.25, 0.3) is 0 Å². The minimum absolute atomic E-state index is 0.133. The molecule has 1 aromatic carbocycles. The SMILES string of the molecule is CCOC(=O)c1c(CSc2nccs2)n(C2CC2)c2cc(Br)c(O)c(Cn3ccnc3C)c12. The van der Waals surface area contributed by atoms with Crippen molar-refractivity contribution in [3.63, 3.8) is 0 Å². The van der Waals surface area contributed by atoms with Crippen molar-refractivity contribution in [3.8, 4) is 5.75 Å². The van der Waals surface area contributed by atoms with Crippen molar-refractivity contribution in [1.29, 1.82) is 0 Å². The monoisotopic (exact) mass is 546 g/mol. The lowest BCUT2D eigenvalue weighted by molar-refractivity contribution is 0.0527. The fourth-order valence-corrected chi connectivity index (χ4v) is 6.29. The smallest absolute Gasteiger partial charge is 0.340 e. The summed E-state index contributed by atoms with van der Waals surface area (Å²) in [4.78, 5) is 22.0. The Morgan fingerprint density at radius 3 is 2.82 bits per heavy atom. The maximum absolute atomic E-state index is 13.3. The zero-order chi connectivity index (χ0) is 23.1. The zero-order valence-electron chi connectivity index (χ0n) is 18.2. The van der Waals surface area contributed by atoms with Gasteiger partial charge in [0.2, 0.25) is 0 Å². The number of thiazole rings is 1. The fraction of sp³-hybridized carbons (Fsp3) is 0.348. The number of aromatic hydroxyl groups is 1. The summed E-state index contributed by atoms with van der Waals surface area (Å²) >= 11 is 6.75. The molecule has 1 fully saturated rings. The third kappa shape index (κ3) is 4.20. The zero-order valence-corrected chi connectivity index (χ0v) is 21.5. The molecule has 3 heterocycles. The van der Waals surface area contributed by atoms with Gasteiger partial charge in [-0.25, -0.2) is 14.8 Å². The first-order valence-corrected chi connectivity index (χ1v) is 13.4. The van der Waals surface area contributed by atoms with Crippen LogP contribution in [0.4, 0.5) is 0 Å². The summed E-state index contributed by atoms with van der Waals surface area (Å²) in [6.45, 7) is 4.41. The summed E-state index contributed by atoms with van der Waals surface area (Å²) in [7, 11) is 0. The Balaban J connectivity index is 1.76. The van der Waals surface area contributed by atoms with Gasteiger partial charge in [-0.2, -0.15) is 0 Å². The number of thioether (sulfide) groups is 1. The standard InChI is InChI=1S/C23H23BrN4O3S2/c1-3-31-22(30)20-18(12-33-23-26-7-9-32-23)28(14-4-5-14)17-10-16(24)21(29)15(19(17)20)11-27-8-6-25-13(27)2/h6-10,14,29H,3-5,11-12H2,1-2H3. The van der Waals surface area contributed by atoms with E-state index in [4.69, 9.17) is 4.74 Å². The number of carbonyl (C=O) groups excluding carboxylic acids is 1. The van der Waals surface area contributed by atoms with Crippen molar-refractivity contribution in [2.75, 3.05) is 6.61 Å². The lowest BCUT2D eigenvalue weighted by Gasteiger charge is -2.13. The number of halogens is 1. The first kappa shape index (κ1) is 22.5. The summed E-state index contributed by atoms with van der Waals surface area (Å²) in [6, 6.07) is 2.26. The average molecular weight is 548 g/mol. The van der Waals surface area contributed by atoms with Crippen LogP contribution in [0.3, 0.4) is 0 Å². The third-order valence-corrected chi connectivity index (χ3v) is 8.39. The van der Waals surface area contributed by atoms with Gasteiger partial charge in [-0.05, 0) is 48.7 Å². The number of phenols is 1. The quantitative estimate of drug-likeness (QED) is 0.218. The molecule has 1 aliphatic rings. The van der Waals surface area contributed by atoms with Crippen LogP contribution >= 0.6 is 39.0 Å². The highest BCUT2D eigenvalue weighted by atomic mass is 79.9. The van der Waals surface area contributed by atoms with Crippen LogP contribution in [-0.4, -0.2) is 36.8 Å². The van der Waals surface area contributed by atoms with Gasteiger partial charge in [0.15, 0.2) is 0 Å². The van der Waals surface area contributed by atoms with Crippen molar-refractivity contribution in [2.45, 2.75) is 49.4 Å². The number of imidazole rings is 1. The topological polar surface area (TPSA) is 82.2 Å². The van der Waals surface area contributed by atoms with E-state index in [0.717, 1.165) is 39.6 Å². The van der Waals surface area contributed by atoms with Gasteiger partial charge in [-0.15, -0.1) is 11.3 Å². The second kappa shape index (κ2) is 9.15. The lowest BCUT2D eigenvalue weighted by Crippen LogP contribution is -2.10. The van der Waals surface area contributed by atoms with Gasteiger partial charge in [-0.3, -0.25) is 0 Å². The highest BCUT2D eigenvalue weighted by Crippen LogP contribution is 2.47. The van der Waals surface area contributed by atoms with E-state index in [-0.39, 0.29) is 18.3 Å². The number of aromatic nitrogens is 4. The van der Waals surface area contributed by atoms with E-state index in [1.807, 2.05) is 36.1 Å². The number of aryl methyl sites for hydroxylation is 1. The molecule has 33 heavy (non-hydrogen) atoms. The maximum atomic E-state index is 13.3. The van der Waals surface area contributed by atoms with Crippen molar-refractivity contribution < 1.29 is 14.6 Å². The molecule has 1 saturated carbocycles. The molecule has 10 heteroatoms. The molecule has 4 aromatic rings. The predicted octanol–water partition coefficient (Wildman–Crippen LogP) is 5.92. The molecule has 0 bridgehead atoms. The Bertz CT molecular complexity index is 1330. The number of phenolic OH excluding ortho intramolecular Hbond substituents is 1. The molecular formula is C23H23BrN4O3S2. The van der Waals surface area contributed by atoms with E-state index in [1.165, 1.54) is 0 Å². The highest BCUT2D eigenvalue weighted by molar-refractivity contribution is 9.10. The average Bonchev–Trinajstić information content (AvgIpc) is 3.18. The van der Waals surface area contributed by atoms with Crippen LogP contribution < -0.4 is 0 Å². The maximum Gasteiger partial charge on any atom is 0.340 e. The summed E-state index contributed by atoms with van der Waals surface area (Å²) in [5.74, 6) is 1.20. The molecule has 7 nitrogen and oxygen atoms in total. The number of esters is 1. The molecule has 0 amide bonds. The van der Waals surface area contributed by atoms with Crippen molar-refractivity contribution in [2.24, 2.45) is 0 Å². The molecule has 0 spiro atoms. The van der Waals surface area contributed by atoms with E-state index in [2.05, 4.69) is 30.5 Å². The van der Waals surface area contributed by atoms with Gasteiger partial charge in [0.1, 0.15) is 15.9 Å². The van der Waals surface area contributed by atoms with Crippen LogP contribution in [0.5, 0.6) is 5.75 Å². The van der Waals surface area contributed by atoms with Crippen LogP contribution in [-0.2, 0) is 17.0 Å². The van der Waals surface area contributed by atoms with E-state index >= 15 is 0 Å². The van der Waals surface area contributed by atoms with Crippen LogP contribution in [0.2, 0.25) is 0 Å². The second-order valence-electron chi connectivity index (χ2n) is 7.91. The van der Waals surface area contributed by atoms with E-state index < -0.39 is 0 Å². The number of ether oxygens (including phenoxy) is 1. The van der Waals surface area contributed by atoms with Crippen LogP contribution in [0.25, 0.3) is 10.9 Å². The van der Waals surface area contributed by atoms with Gasteiger partial charge in [0.05, 0.1) is 28.7 Å². The minimum atomic E-state index is -0.359. The van der Waals surface area contributed by atoms with E-state index in [1.54, 1.807) is 35.5 Å². The molecule has 0 aliphatic heterocycles. The number of hydrogen-bond acceptors (Lipinski definition) is 7. The second-order valence-corrected chi connectivity index (χ2v) is 10.9. The molecule has 0 atom stereocenters. The Kier molecular flexibility index (Phi) is 6.24. The van der Waals surface area contributed by atoms with Crippen LogP contribution in [0.1, 0.15) is 53.2 Å². The normalized spacial score (nSPS) is 13.7. The number of hydrogen-bond donors (Lipinski definition) is 1. The van der Waals surface area contributed by atoms with Crippen LogP contribution in [0, 0.1) is 6.92 Å². The Morgan fingerprint density at radius 2 is 2.18 bits per heavy atom. The van der Waals surface area contributed by atoms with Gasteiger partial charge in [0, 0.05) is 52.4 Å². The molecule has 5 rings (SSSR count). The predicted molar refractivity (Wildman–Crippen MR) is 133 cm³/mol. The summed E-state index contributed by atoms with van der Waals surface area (Å²) in [6.07, 6.45) is 7.53. The first-order chi connectivity index (χ1) is 16.0. The Hall–Kier alpha value is -2.30. The molecule has 0 saturated heterocycles. The molecular weight excluding hydrogens is 524 g/mol. The lowest BCUT2D eigenvalue weighted by atomic mass is 10.0. The minimum Gasteiger partial charge on any atom is -0.506 e. The van der Waals surface area contributed by atoms with E-state index in [9.17, 15) is 9.90 Å². The summed E-state index contributed by atoms with van der Waals surface area (Å²) in [5, 5.41) is 13.8. The Labute approximate surface area is 207 Å². The number of rotatable bonds is 8. The Morgan fingerprint density at radius 1 is 1.36 bits per heavy atom. The fourth-order valence-electron chi connectivity index (χ4n) is 4.18. The first-order valence-electron chi connectivity index (χ1n) is 10.7. The molecule has 3 aromatic heterocycles. The van der Waals surface area contributed by atoms with E-state index in [0.29, 0.717) is 33.9 Å². The van der Waals surface area contributed by atoms with Gasteiger partial charge < -0.3 is 19.0 Å². The van der Waals surface area contributed by atoms with Gasteiger partial charge in [-0.1, -0.05) is 11.8 Å². The molecule has 172 valence electrons. The van der Waals surface area contributed by atoms with Crippen molar-refractivity contribution in [3.05, 3.63) is 57.2 Å². The largest absolute Gasteiger partial charge is 0.506 e. The molecule has 1 aliphatic carbocycles. The summed E-state index contributed by atoms with van der Waals surface area (Å²) in [5.41, 5.74) is 3.08. The number of nitrogens with zero attached hydrogens (tertiary/aromatic N) is 4. The number of benzene rings is 1. The van der Waals surface area contributed by atoms with Gasteiger partial charge >= 0.3 is 5.97 Å². The molecule has 0 radical (unpaired) electrons. The molecule has 0 unspecified atom stereocenters. The van der Waals surface area contributed by atoms with Crippen LogP contribution in [0.15, 0.2) is 38.8 Å². The highest BCUT2D eigenvalue weighted by Gasteiger charge is 2.34. The number of carbonyl (C=O) groups is 1.